The van der Waals surface area contributed by atoms with Gasteiger partial charge in [-0.15, -0.1) is 0 Å². The molecule has 0 spiro atoms. The highest BCUT2D eigenvalue weighted by Gasteiger charge is 2.32. The third-order valence-electron chi connectivity index (χ3n) is 4.08. The molecule has 1 aromatic rings. The van der Waals surface area contributed by atoms with Gasteiger partial charge in [-0.1, -0.05) is 6.92 Å². The van der Waals surface area contributed by atoms with Gasteiger partial charge in [0.2, 0.25) is 0 Å². The number of aryl methyl sites for hydroxylation is 1. The monoisotopic (exact) mass is 250 g/mol. The maximum Gasteiger partial charge on any atom is 0.257 e. The predicted molar refractivity (Wildman–Crippen MR) is 70.2 cm³/mol. The molecular formula is C13H22N4O. The summed E-state index contributed by atoms with van der Waals surface area (Å²) in [5, 5.41) is 4.14. The van der Waals surface area contributed by atoms with E-state index in [4.69, 9.17) is 5.73 Å². The van der Waals surface area contributed by atoms with Gasteiger partial charge in [0.15, 0.2) is 0 Å². The van der Waals surface area contributed by atoms with Crippen molar-refractivity contribution < 1.29 is 4.79 Å². The van der Waals surface area contributed by atoms with Crippen molar-refractivity contribution in [3.63, 3.8) is 0 Å². The van der Waals surface area contributed by atoms with Crippen molar-refractivity contribution in [2.24, 2.45) is 18.7 Å². The molecule has 0 aliphatic carbocycles. The summed E-state index contributed by atoms with van der Waals surface area (Å²) in [6.07, 6.45) is 3.87. The van der Waals surface area contributed by atoms with Gasteiger partial charge >= 0.3 is 0 Å². The maximum absolute atomic E-state index is 12.6. The van der Waals surface area contributed by atoms with Crippen molar-refractivity contribution in [2.45, 2.75) is 32.7 Å². The summed E-state index contributed by atoms with van der Waals surface area (Å²) in [6, 6.07) is 0.158. The molecule has 1 aromatic heterocycles. The topological polar surface area (TPSA) is 64.2 Å². The van der Waals surface area contributed by atoms with Crippen LogP contribution in [0.2, 0.25) is 0 Å². The minimum Gasteiger partial charge on any atom is -0.334 e. The van der Waals surface area contributed by atoms with Gasteiger partial charge in [-0.25, -0.2) is 0 Å². The van der Waals surface area contributed by atoms with E-state index in [9.17, 15) is 4.79 Å². The van der Waals surface area contributed by atoms with Crippen LogP contribution < -0.4 is 5.73 Å². The van der Waals surface area contributed by atoms with Crippen molar-refractivity contribution in [3.8, 4) is 0 Å². The first-order valence-corrected chi connectivity index (χ1v) is 6.56. The van der Waals surface area contributed by atoms with Crippen molar-refractivity contribution in [3.05, 3.63) is 17.5 Å². The molecular weight excluding hydrogens is 228 g/mol. The smallest absolute Gasteiger partial charge is 0.257 e. The van der Waals surface area contributed by atoms with Crippen molar-refractivity contribution >= 4 is 5.91 Å². The molecule has 1 aliphatic rings. The largest absolute Gasteiger partial charge is 0.334 e. The molecule has 1 fully saturated rings. The highest BCUT2D eigenvalue weighted by Crippen LogP contribution is 2.24. The first-order valence-electron chi connectivity index (χ1n) is 6.56. The molecule has 0 radical (unpaired) electrons. The van der Waals surface area contributed by atoms with Gasteiger partial charge in [0.1, 0.15) is 0 Å². The van der Waals surface area contributed by atoms with Gasteiger partial charge in [-0.2, -0.15) is 5.10 Å². The number of nitrogens with zero attached hydrogens (tertiary/aromatic N) is 3. The lowest BCUT2D eigenvalue weighted by Crippen LogP contribution is -2.51. The first kappa shape index (κ1) is 13.1. The van der Waals surface area contributed by atoms with E-state index in [2.05, 4.69) is 12.0 Å². The molecule has 5 heteroatoms. The van der Waals surface area contributed by atoms with Gasteiger partial charge in [-0.05, 0) is 25.7 Å². The number of rotatable bonds is 2. The van der Waals surface area contributed by atoms with Gasteiger partial charge in [0.25, 0.3) is 5.91 Å². The summed E-state index contributed by atoms with van der Waals surface area (Å²) < 4.78 is 1.73. The molecule has 1 saturated heterocycles. The zero-order valence-electron chi connectivity index (χ0n) is 11.4. The lowest BCUT2D eigenvalue weighted by molar-refractivity contribution is 0.0531. The normalized spacial score (nSPS) is 24.3. The third-order valence-corrected chi connectivity index (χ3v) is 4.08. The Morgan fingerprint density at radius 1 is 1.61 bits per heavy atom. The zero-order valence-corrected chi connectivity index (χ0v) is 11.4. The Kier molecular flexibility index (Phi) is 3.71. The summed E-state index contributed by atoms with van der Waals surface area (Å²) in [4.78, 5) is 14.5. The molecule has 5 nitrogen and oxygen atoms in total. The fourth-order valence-electron chi connectivity index (χ4n) is 2.72. The van der Waals surface area contributed by atoms with E-state index in [1.165, 1.54) is 0 Å². The average Bonchev–Trinajstić information content (AvgIpc) is 2.69. The van der Waals surface area contributed by atoms with Crippen molar-refractivity contribution in [2.75, 3.05) is 13.1 Å². The van der Waals surface area contributed by atoms with E-state index in [1.807, 2.05) is 18.9 Å². The molecule has 2 heterocycles. The number of likely N-dealkylation sites (tertiary alicyclic amines) is 1. The number of carbonyl (C=O) groups excluding carboxylic acids is 1. The predicted octanol–water partition coefficient (Wildman–Crippen LogP) is 0.928. The SMILES string of the molecule is Cc1c(C(=O)N2CCC[C@@H](C)[C@H]2CN)cnn1C. The molecule has 100 valence electrons. The minimum absolute atomic E-state index is 0.0719. The summed E-state index contributed by atoms with van der Waals surface area (Å²) in [7, 11) is 1.85. The highest BCUT2D eigenvalue weighted by atomic mass is 16.2. The summed E-state index contributed by atoms with van der Waals surface area (Å²) in [5.41, 5.74) is 7.44. The van der Waals surface area contributed by atoms with E-state index in [0.29, 0.717) is 18.0 Å². The van der Waals surface area contributed by atoms with Crippen LogP contribution >= 0.6 is 0 Å². The molecule has 1 amide bonds. The average molecular weight is 250 g/mol. The fraction of sp³-hybridized carbons (Fsp3) is 0.692. The Labute approximate surface area is 108 Å². The molecule has 2 N–H and O–H groups in total. The van der Waals surface area contributed by atoms with Crippen LogP contribution in [0.5, 0.6) is 0 Å². The number of piperidine rings is 1. The number of hydrogen-bond donors (Lipinski definition) is 1. The van der Waals surface area contributed by atoms with Crippen LogP contribution in [0, 0.1) is 12.8 Å². The Morgan fingerprint density at radius 2 is 2.33 bits per heavy atom. The van der Waals surface area contributed by atoms with E-state index in [1.54, 1.807) is 10.9 Å². The van der Waals surface area contributed by atoms with E-state index >= 15 is 0 Å². The number of carbonyl (C=O) groups is 1. The number of hydrogen-bond acceptors (Lipinski definition) is 3. The lowest BCUT2D eigenvalue weighted by atomic mass is 9.90. The fourth-order valence-corrected chi connectivity index (χ4v) is 2.72. The van der Waals surface area contributed by atoms with E-state index < -0.39 is 0 Å². The second kappa shape index (κ2) is 5.10. The van der Waals surface area contributed by atoms with Crippen LogP contribution in [0.15, 0.2) is 6.20 Å². The molecule has 2 atom stereocenters. The summed E-state index contributed by atoms with van der Waals surface area (Å²) in [5.74, 6) is 0.548. The van der Waals surface area contributed by atoms with Gasteiger partial charge in [0, 0.05) is 31.9 Å². The van der Waals surface area contributed by atoms with Gasteiger partial charge in [-0.3, -0.25) is 9.48 Å². The Balaban J connectivity index is 2.24. The van der Waals surface area contributed by atoms with Crippen LogP contribution in [-0.2, 0) is 7.05 Å². The molecule has 1 aliphatic heterocycles. The number of nitrogens with two attached hydrogens (primary N) is 1. The number of amides is 1. The molecule has 0 saturated carbocycles. The molecule has 18 heavy (non-hydrogen) atoms. The third kappa shape index (κ3) is 2.14. The van der Waals surface area contributed by atoms with Crippen LogP contribution in [0.4, 0.5) is 0 Å². The van der Waals surface area contributed by atoms with Crippen LogP contribution in [0.25, 0.3) is 0 Å². The Hall–Kier alpha value is -1.36. The molecule has 0 aromatic carbocycles. The standard InChI is InChI=1S/C13H22N4O/c1-9-5-4-6-17(12(9)7-14)13(18)11-8-15-16(3)10(11)2/h8-9,12H,4-7,14H2,1-3H3/t9-,12-/m1/s1. The van der Waals surface area contributed by atoms with E-state index in [-0.39, 0.29) is 11.9 Å². The molecule has 0 unspecified atom stereocenters. The maximum atomic E-state index is 12.6. The van der Waals surface area contributed by atoms with Gasteiger partial charge < -0.3 is 10.6 Å². The lowest BCUT2D eigenvalue weighted by Gasteiger charge is -2.39. The summed E-state index contributed by atoms with van der Waals surface area (Å²) in [6.45, 7) is 5.43. The van der Waals surface area contributed by atoms with Gasteiger partial charge in [0.05, 0.1) is 11.8 Å². The van der Waals surface area contributed by atoms with E-state index in [0.717, 1.165) is 25.1 Å². The van der Waals surface area contributed by atoms with Crippen molar-refractivity contribution in [1.29, 1.82) is 0 Å². The highest BCUT2D eigenvalue weighted by molar-refractivity contribution is 5.95. The number of aromatic nitrogens is 2. The quantitative estimate of drug-likeness (QED) is 0.849. The molecule has 2 rings (SSSR count). The van der Waals surface area contributed by atoms with Crippen LogP contribution in [-0.4, -0.2) is 39.7 Å². The second-order valence-corrected chi connectivity index (χ2v) is 5.19. The second-order valence-electron chi connectivity index (χ2n) is 5.19. The molecule has 0 bridgehead atoms. The van der Waals surface area contributed by atoms with Crippen LogP contribution in [0.3, 0.4) is 0 Å². The first-order chi connectivity index (χ1) is 8.56. The Bertz CT molecular complexity index is 440. The zero-order chi connectivity index (χ0) is 13.3. The van der Waals surface area contributed by atoms with Crippen LogP contribution in [0.1, 0.15) is 35.8 Å². The summed E-state index contributed by atoms with van der Waals surface area (Å²) >= 11 is 0. The minimum atomic E-state index is 0.0719. The Morgan fingerprint density at radius 3 is 2.89 bits per heavy atom. The van der Waals surface area contributed by atoms with Crippen molar-refractivity contribution in [1.82, 2.24) is 14.7 Å².